The molecule has 0 fully saturated rings. The summed E-state index contributed by atoms with van der Waals surface area (Å²) in [6.45, 7) is -0.0518. The lowest BCUT2D eigenvalue weighted by Crippen LogP contribution is -2.13. The number of carbonyl (C=O) groups excluding carboxylic acids is 2. The molecule has 2 aromatic carbocycles. The third-order valence-corrected chi connectivity index (χ3v) is 3.90. The minimum atomic E-state index is -0.0956. The normalized spacial score (nSPS) is 10.4. The highest BCUT2D eigenvalue weighted by molar-refractivity contribution is 5.91. The lowest BCUT2D eigenvalue weighted by molar-refractivity contribution is -0.118. The number of hydrogen-bond acceptors (Lipinski definition) is 4. The molecule has 0 aliphatic heterocycles. The number of nitrogens with one attached hydrogen (secondary N) is 2. The van der Waals surface area contributed by atoms with Crippen molar-refractivity contribution in [3.05, 3.63) is 59.7 Å². The number of unbranched alkanes of at least 4 members (excludes halogenated alkanes) is 1. The third kappa shape index (κ3) is 6.66. The number of amides is 2. The number of carbonyl (C=O) groups is 2. The van der Waals surface area contributed by atoms with Crippen LogP contribution in [0.1, 0.15) is 36.8 Å². The second kappa shape index (κ2) is 10.3. The Morgan fingerprint density at radius 1 is 0.654 bits per heavy atom. The van der Waals surface area contributed by atoms with Crippen LogP contribution in [0.25, 0.3) is 0 Å². The maximum atomic E-state index is 11.9. The highest BCUT2D eigenvalue weighted by Crippen LogP contribution is 2.12. The van der Waals surface area contributed by atoms with Crippen molar-refractivity contribution >= 4 is 23.2 Å². The molecule has 0 saturated heterocycles. The predicted octanol–water partition coefficient (Wildman–Crippen LogP) is 2.81. The van der Waals surface area contributed by atoms with Crippen molar-refractivity contribution in [1.29, 1.82) is 0 Å². The fourth-order valence-electron chi connectivity index (χ4n) is 2.41. The molecule has 0 bridgehead atoms. The van der Waals surface area contributed by atoms with Crippen LogP contribution in [-0.2, 0) is 22.8 Å². The zero-order valence-electron chi connectivity index (χ0n) is 14.6. The molecular weight excluding hydrogens is 332 g/mol. The van der Waals surface area contributed by atoms with E-state index in [0.29, 0.717) is 37.1 Å². The first-order valence-electron chi connectivity index (χ1n) is 8.60. The average Bonchev–Trinajstić information content (AvgIpc) is 2.66. The van der Waals surface area contributed by atoms with Gasteiger partial charge in [-0.25, -0.2) is 0 Å². The molecule has 6 nitrogen and oxygen atoms in total. The van der Waals surface area contributed by atoms with E-state index in [1.165, 1.54) is 0 Å². The first-order chi connectivity index (χ1) is 12.6. The molecule has 0 saturated carbocycles. The number of anilines is 2. The monoisotopic (exact) mass is 356 g/mol. The van der Waals surface area contributed by atoms with Gasteiger partial charge in [0.05, 0.1) is 13.2 Å². The van der Waals surface area contributed by atoms with Crippen LogP contribution in [0.3, 0.4) is 0 Å². The Bertz CT molecular complexity index is 648. The number of hydrogen-bond donors (Lipinski definition) is 4. The molecule has 0 radical (unpaired) electrons. The number of aliphatic hydroxyl groups is 2. The van der Waals surface area contributed by atoms with Crippen LogP contribution >= 0.6 is 0 Å². The second-order valence-electron chi connectivity index (χ2n) is 6.01. The fraction of sp³-hybridized carbons (Fsp3) is 0.300. The van der Waals surface area contributed by atoms with Gasteiger partial charge in [-0.1, -0.05) is 24.3 Å². The van der Waals surface area contributed by atoms with E-state index < -0.39 is 0 Å². The zero-order chi connectivity index (χ0) is 18.8. The van der Waals surface area contributed by atoms with Crippen LogP contribution in [0.2, 0.25) is 0 Å². The van der Waals surface area contributed by atoms with Gasteiger partial charge in [0.25, 0.3) is 0 Å². The molecule has 6 heteroatoms. The first-order valence-corrected chi connectivity index (χ1v) is 8.60. The Hall–Kier alpha value is -2.70. The molecule has 138 valence electrons. The van der Waals surface area contributed by atoms with Crippen molar-refractivity contribution in [3.63, 3.8) is 0 Å². The number of aliphatic hydroxyl groups excluding tert-OH is 2. The maximum absolute atomic E-state index is 11.9. The minimum absolute atomic E-state index is 0.0259. The molecule has 0 aromatic heterocycles. The van der Waals surface area contributed by atoms with Gasteiger partial charge in [0, 0.05) is 24.2 Å². The largest absolute Gasteiger partial charge is 0.392 e. The minimum Gasteiger partial charge on any atom is -0.392 e. The van der Waals surface area contributed by atoms with Crippen LogP contribution in [0.15, 0.2) is 48.5 Å². The molecule has 0 unspecified atom stereocenters. The molecular formula is C20H24N2O4. The van der Waals surface area contributed by atoms with Gasteiger partial charge in [-0.2, -0.15) is 0 Å². The molecule has 0 aliphatic carbocycles. The van der Waals surface area contributed by atoms with Gasteiger partial charge in [0.15, 0.2) is 0 Å². The van der Waals surface area contributed by atoms with Crippen molar-refractivity contribution < 1.29 is 19.8 Å². The lowest BCUT2D eigenvalue weighted by atomic mass is 10.1. The van der Waals surface area contributed by atoms with E-state index in [4.69, 9.17) is 10.2 Å². The third-order valence-electron chi connectivity index (χ3n) is 3.90. The molecule has 4 N–H and O–H groups in total. The summed E-state index contributed by atoms with van der Waals surface area (Å²) in [5.74, 6) is -0.191. The van der Waals surface area contributed by atoms with Crippen LogP contribution in [-0.4, -0.2) is 22.0 Å². The van der Waals surface area contributed by atoms with E-state index in [1.54, 1.807) is 48.5 Å². The summed E-state index contributed by atoms with van der Waals surface area (Å²) in [7, 11) is 0. The summed E-state index contributed by atoms with van der Waals surface area (Å²) in [5.41, 5.74) is 2.97. The van der Waals surface area contributed by atoms with Crippen molar-refractivity contribution in [2.24, 2.45) is 0 Å². The summed E-state index contributed by atoms with van der Waals surface area (Å²) < 4.78 is 0. The summed E-state index contributed by atoms with van der Waals surface area (Å²) in [4.78, 5) is 23.8. The van der Waals surface area contributed by atoms with Crippen molar-refractivity contribution in [1.82, 2.24) is 0 Å². The van der Waals surface area contributed by atoms with Crippen molar-refractivity contribution in [2.45, 2.75) is 38.9 Å². The van der Waals surface area contributed by atoms with Gasteiger partial charge in [-0.05, 0) is 48.2 Å². The zero-order valence-corrected chi connectivity index (χ0v) is 14.6. The van der Waals surface area contributed by atoms with E-state index in [0.717, 1.165) is 11.1 Å². The van der Waals surface area contributed by atoms with Gasteiger partial charge in [0.1, 0.15) is 0 Å². The summed E-state index contributed by atoms with van der Waals surface area (Å²) in [6, 6.07) is 14.0. The first kappa shape index (κ1) is 19.6. The standard InChI is InChI=1S/C20H24N2O4/c23-13-15-5-9-17(10-6-15)21-19(25)3-1-2-4-20(26)22-18-11-7-16(14-24)8-12-18/h5-12,23-24H,1-4,13-14H2,(H,21,25)(H,22,26). The van der Waals surface area contributed by atoms with Gasteiger partial charge in [-0.3, -0.25) is 9.59 Å². The Balaban J connectivity index is 1.63. The topological polar surface area (TPSA) is 98.7 Å². The molecule has 26 heavy (non-hydrogen) atoms. The highest BCUT2D eigenvalue weighted by Gasteiger charge is 2.06. The Morgan fingerprint density at radius 2 is 1.00 bits per heavy atom. The van der Waals surface area contributed by atoms with E-state index >= 15 is 0 Å². The summed E-state index contributed by atoms with van der Waals surface area (Å²) >= 11 is 0. The number of benzene rings is 2. The molecule has 2 amide bonds. The van der Waals surface area contributed by atoms with E-state index in [1.807, 2.05) is 0 Å². The van der Waals surface area contributed by atoms with Crippen molar-refractivity contribution in [3.8, 4) is 0 Å². The molecule has 0 spiro atoms. The van der Waals surface area contributed by atoms with Gasteiger partial charge in [-0.15, -0.1) is 0 Å². The van der Waals surface area contributed by atoms with Crippen LogP contribution in [0.5, 0.6) is 0 Å². The van der Waals surface area contributed by atoms with Gasteiger partial charge >= 0.3 is 0 Å². The molecule has 2 rings (SSSR count). The van der Waals surface area contributed by atoms with Gasteiger partial charge < -0.3 is 20.8 Å². The SMILES string of the molecule is O=C(CCCCC(=O)Nc1ccc(CO)cc1)Nc1ccc(CO)cc1. The Labute approximate surface area is 152 Å². The van der Waals surface area contributed by atoms with E-state index in [2.05, 4.69) is 10.6 Å². The van der Waals surface area contributed by atoms with Gasteiger partial charge in [0.2, 0.25) is 11.8 Å². The Morgan fingerprint density at radius 3 is 1.31 bits per heavy atom. The Kier molecular flexibility index (Phi) is 7.79. The summed E-state index contributed by atoms with van der Waals surface area (Å²) in [6.07, 6.45) is 1.94. The van der Waals surface area contributed by atoms with Crippen LogP contribution in [0, 0.1) is 0 Å². The van der Waals surface area contributed by atoms with Crippen LogP contribution in [0.4, 0.5) is 11.4 Å². The predicted molar refractivity (Wildman–Crippen MR) is 100 cm³/mol. The molecule has 0 aliphatic rings. The highest BCUT2D eigenvalue weighted by atomic mass is 16.3. The van der Waals surface area contributed by atoms with Crippen LogP contribution < -0.4 is 10.6 Å². The van der Waals surface area contributed by atoms with E-state index in [-0.39, 0.29) is 25.0 Å². The summed E-state index contributed by atoms with van der Waals surface area (Å²) in [5, 5.41) is 23.6. The molecule has 2 aromatic rings. The maximum Gasteiger partial charge on any atom is 0.224 e. The molecule has 0 atom stereocenters. The average molecular weight is 356 g/mol. The smallest absolute Gasteiger partial charge is 0.224 e. The quantitative estimate of drug-likeness (QED) is 0.519. The number of rotatable bonds is 9. The second-order valence-corrected chi connectivity index (χ2v) is 6.01. The fourth-order valence-corrected chi connectivity index (χ4v) is 2.41. The van der Waals surface area contributed by atoms with Crippen molar-refractivity contribution in [2.75, 3.05) is 10.6 Å². The van der Waals surface area contributed by atoms with E-state index in [9.17, 15) is 9.59 Å². The molecule has 0 heterocycles. The lowest BCUT2D eigenvalue weighted by Gasteiger charge is -2.07.